The number of carbonyl (C=O) groups excluding carboxylic acids is 1. The summed E-state index contributed by atoms with van der Waals surface area (Å²) in [6, 6.07) is 15.6. The van der Waals surface area contributed by atoms with Crippen molar-refractivity contribution in [3.63, 3.8) is 0 Å². The lowest BCUT2D eigenvalue weighted by molar-refractivity contribution is 0.102. The predicted molar refractivity (Wildman–Crippen MR) is 84.6 cm³/mol. The Morgan fingerprint density at radius 2 is 1.79 bits per heavy atom. The van der Waals surface area contributed by atoms with Crippen LogP contribution in [-0.2, 0) is 0 Å². The largest absolute Gasteiger partial charge is 0.293 e. The summed E-state index contributed by atoms with van der Waals surface area (Å²) in [5.41, 5.74) is 0.738. The molecule has 19 heavy (non-hydrogen) atoms. The third-order valence-electron chi connectivity index (χ3n) is 3.24. The summed E-state index contributed by atoms with van der Waals surface area (Å²) in [6.45, 7) is 0. The molecule has 3 aromatic carbocycles. The molecule has 0 N–H and O–H groups in total. The maximum atomic E-state index is 12.1. The number of hydrogen-bond acceptors (Lipinski definition) is 1. The van der Waals surface area contributed by atoms with E-state index in [-0.39, 0.29) is 5.78 Å². The lowest BCUT2D eigenvalue weighted by atomic mass is 9.96. The lowest BCUT2D eigenvalue weighted by Gasteiger charge is -2.09. The Morgan fingerprint density at radius 1 is 1.00 bits per heavy atom. The number of hydrogen-bond donors (Lipinski definition) is 0. The Hall–Kier alpha value is -1.38. The van der Waals surface area contributed by atoms with Crippen LogP contribution in [0, 0.1) is 0 Å². The van der Waals surface area contributed by atoms with Crippen LogP contribution in [0.1, 0.15) is 10.4 Å². The van der Waals surface area contributed by atoms with Gasteiger partial charge in [0.05, 0.1) is 5.33 Å². The molecule has 3 rings (SSSR count). The van der Waals surface area contributed by atoms with Crippen molar-refractivity contribution < 1.29 is 4.79 Å². The summed E-state index contributed by atoms with van der Waals surface area (Å²) in [4.78, 5) is 12.1. The summed E-state index contributed by atoms with van der Waals surface area (Å²) < 4.78 is 0. The van der Waals surface area contributed by atoms with E-state index in [9.17, 15) is 4.79 Å². The van der Waals surface area contributed by atoms with Crippen molar-refractivity contribution in [2.24, 2.45) is 0 Å². The van der Waals surface area contributed by atoms with Crippen LogP contribution in [-0.4, -0.2) is 11.1 Å². The van der Waals surface area contributed by atoms with Crippen molar-refractivity contribution in [1.82, 2.24) is 0 Å². The van der Waals surface area contributed by atoms with Gasteiger partial charge in [0.25, 0.3) is 0 Å². The second-order valence-corrected chi connectivity index (χ2v) is 5.39. The number of carbonyl (C=O) groups is 1. The van der Waals surface area contributed by atoms with Crippen LogP contribution < -0.4 is 0 Å². The normalized spacial score (nSPS) is 11.1. The van der Waals surface area contributed by atoms with Crippen molar-refractivity contribution in [2.45, 2.75) is 0 Å². The predicted octanol–water partition coefficient (Wildman–Crippen LogP) is 5.22. The van der Waals surface area contributed by atoms with Crippen molar-refractivity contribution >= 4 is 54.9 Å². The van der Waals surface area contributed by atoms with E-state index < -0.39 is 0 Å². The summed E-state index contributed by atoms with van der Waals surface area (Å²) in [6.07, 6.45) is 0. The molecule has 0 aromatic heterocycles. The van der Waals surface area contributed by atoms with Crippen LogP contribution >= 0.6 is 27.5 Å². The third-order valence-corrected chi connectivity index (χ3v) is 3.99. The van der Waals surface area contributed by atoms with Crippen LogP contribution in [0.3, 0.4) is 0 Å². The van der Waals surface area contributed by atoms with Crippen LogP contribution in [0.25, 0.3) is 21.5 Å². The fourth-order valence-corrected chi connectivity index (χ4v) is 2.85. The smallest absolute Gasteiger partial charge is 0.174 e. The molecule has 0 radical (unpaired) electrons. The Balaban J connectivity index is 2.51. The van der Waals surface area contributed by atoms with Crippen molar-refractivity contribution in [1.29, 1.82) is 0 Å². The van der Waals surface area contributed by atoms with E-state index in [0.717, 1.165) is 27.1 Å². The van der Waals surface area contributed by atoms with Crippen LogP contribution in [0.2, 0.25) is 5.02 Å². The van der Waals surface area contributed by atoms with Gasteiger partial charge in [0.1, 0.15) is 0 Å². The summed E-state index contributed by atoms with van der Waals surface area (Å²) in [5.74, 6) is 0.0816. The molecule has 0 saturated carbocycles. The Bertz CT molecular complexity index is 795. The van der Waals surface area contributed by atoms with Crippen molar-refractivity contribution in [2.75, 3.05) is 5.33 Å². The second-order valence-electron chi connectivity index (χ2n) is 4.39. The number of ketones is 1. The number of alkyl halides is 1. The highest BCUT2D eigenvalue weighted by Gasteiger charge is 2.12. The first-order valence-electron chi connectivity index (χ1n) is 5.91. The molecule has 3 heteroatoms. The van der Waals surface area contributed by atoms with Gasteiger partial charge in [0.2, 0.25) is 0 Å². The highest BCUT2D eigenvalue weighted by Crippen LogP contribution is 2.31. The zero-order chi connectivity index (χ0) is 13.4. The highest BCUT2D eigenvalue weighted by molar-refractivity contribution is 9.09. The van der Waals surface area contributed by atoms with E-state index in [0.29, 0.717) is 10.4 Å². The van der Waals surface area contributed by atoms with E-state index in [1.165, 1.54) is 0 Å². The van der Waals surface area contributed by atoms with Gasteiger partial charge in [-0.2, -0.15) is 0 Å². The Morgan fingerprint density at radius 3 is 2.58 bits per heavy atom. The summed E-state index contributed by atoms with van der Waals surface area (Å²) >= 11 is 9.33. The van der Waals surface area contributed by atoms with E-state index in [2.05, 4.69) is 22.0 Å². The maximum Gasteiger partial charge on any atom is 0.174 e. The maximum absolute atomic E-state index is 12.1. The zero-order valence-corrected chi connectivity index (χ0v) is 12.3. The number of Topliss-reactive ketones (excluding diaryl/α,β-unsaturated/α-hetero) is 1. The molecule has 0 fully saturated rings. The summed E-state index contributed by atoms with van der Waals surface area (Å²) in [5, 5.41) is 5.15. The molecule has 0 bridgehead atoms. The molecule has 0 aliphatic rings. The van der Waals surface area contributed by atoms with Crippen molar-refractivity contribution in [3.05, 3.63) is 59.1 Å². The first-order valence-corrected chi connectivity index (χ1v) is 7.41. The third kappa shape index (κ3) is 2.15. The molecule has 1 nitrogen and oxygen atoms in total. The first kappa shape index (κ1) is 12.6. The summed E-state index contributed by atoms with van der Waals surface area (Å²) in [7, 11) is 0. The van der Waals surface area contributed by atoms with Crippen LogP contribution in [0.4, 0.5) is 0 Å². The number of benzene rings is 3. The topological polar surface area (TPSA) is 17.1 Å². The molecule has 0 unspecified atom stereocenters. The van der Waals surface area contributed by atoms with Gasteiger partial charge in [0, 0.05) is 10.6 Å². The minimum absolute atomic E-state index is 0.0816. The fraction of sp³-hybridized carbons (Fsp3) is 0.0625. The number of fused-ring (bicyclic) bond motifs is 3. The van der Waals surface area contributed by atoms with E-state index >= 15 is 0 Å². The Labute approximate surface area is 124 Å². The number of rotatable bonds is 2. The molecule has 0 atom stereocenters. The van der Waals surface area contributed by atoms with E-state index in [4.69, 9.17) is 11.6 Å². The zero-order valence-electron chi connectivity index (χ0n) is 9.99. The van der Waals surface area contributed by atoms with Gasteiger partial charge in [-0.15, -0.1) is 0 Å². The van der Waals surface area contributed by atoms with Gasteiger partial charge < -0.3 is 0 Å². The molecule has 0 aliphatic carbocycles. The van der Waals surface area contributed by atoms with Gasteiger partial charge in [0.15, 0.2) is 5.78 Å². The van der Waals surface area contributed by atoms with Gasteiger partial charge in [-0.25, -0.2) is 0 Å². The fourth-order valence-electron chi connectivity index (χ4n) is 2.38. The van der Waals surface area contributed by atoms with Crippen LogP contribution in [0.15, 0.2) is 48.5 Å². The SMILES string of the molecule is O=C(CBr)c1cc2ccccc2c2cc(Cl)ccc12. The molecular formula is C16H10BrClO. The standard InChI is InChI=1S/C16H10BrClO/c17-9-16(19)15-7-10-3-1-2-4-12(10)14-8-11(18)5-6-13(14)15/h1-8H,9H2. The Kier molecular flexibility index (Phi) is 3.29. The average molecular weight is 334 g/mol. The molecule has 0 spiro atoms. The quantitative estimate of drug-likeness (QED) is 0.357. The van der Waals surface area contributed by atoms with Gasteiger partial charge in [-0.1, -0.05) is 57.9 Å². The first-order chi connectivity index (χ1) is 9.20. The molecule has 0 amide bonds. The van der Waals surface area contributed by atoms with E-state index in [1.54, 1.807) is 0 Å². The highest BCUT2D eigenvalue weighted by atomic mass is 79.9. The average Bonchev–Trinajstić information content (AvgIpc) is 2.45. The minimum Gasteiger partial charge on any atom is -0.293 e. The van der Waals surface area contributed by atoms with Crippen LogP contribution in [0.5, 0.6) is 0 Å². The molecule has 0 aliphatic heterocycles. The molecular weight excluding hydrogens is 324 g/mol. The number of halogens is 2. The van der Waals surface area contributed by atoms with Gasteiger partial charge in [-0.05, 0) is 39.7 Å². The van der Waals surface area contributed by atoms with Gasteiger partial charge >= 0.3 is 0 Å². The second kappa shape index (κ2) is 4.95. The molecule has 3 aromatic rings. The lowest BCUT2D eigenvalue weighted by Crippen LogP contribution is -2.01. The van der Waals surface area contributed by atoms with Gasteiger partial charge in [-0.3, -0.25) is 4.79 Å². The molecule has 94 valence electrons. The van der Waals surface area contributed by atoms with Crippen molar-refractivity contribution in [3.8, 4) is 0 Å². The minimum atomic E-state index is 0.0816. The molecule has 0 heterocycles. The monoisotopic (exact) mass is 332 g/mol. The molecule has 0 saturated heterocycles. The van der Waals surface area contributed by atoms with E-state index in [1.807, 2.05) is 42.5 Å².